The number of methoxy groups -OCH3 is 1. The van der Waals surface area contributed by atoms with E-state index in [9.17, 15) is 4.79 Å². The maximum absolute atomic E-state index is 11.2. The number of anilines is 2. The lowest BCUT2D eigenvalue weighted by Gasteiger charge is -2.18. The molecule has 0 bridgehead atoms. The average Bonchev–Trinajstić information content (AvgIpc) is 2.26. The fourth-order valence-corrected chi connectivity index (χ4v) is 1.46. The van der Waals surface area contributed by atoms with Crippen molar-refractivity contribution < 1.29 is 9.53 Å². The first kappa shape index (κ1) is 14.2. The van der Waals surface area contributed by atoms with Crippen molar-refractivity contribution in [2.45, 2.75) is 26.8 Å². The van der Waals surface area contributed by atoms with Crippen LogP contribution in [0, 0.1) is 6.92 Å². The van der Waals surface area contributed by atoms with Gasteiger partial charge in [-0.2, -0.15) is 0 Å². The van der Waals surface area contributed by atoms with Crippen LogP contribution in [0.3, 0.4) is 0 Å². The smallest absolute Gasteiger partial charge is 0.325 e. The summed E-state index contributed by atoms with van der Waals surface area (Å²) in [6.07, 6.45) is 0. The van der Waals surface area contributed by atoms with Gasteiger partial charge in [-0.3, -0.25) is 4.79 Å². The molecular formula is C12H20N4O2. The Morgan fingerprint density at radius 2 is 2.17 bits per heavy atom. The third-order valence-corrected chi connectivity index (χ3v) is 2.25. The van der Waals surface area contributed by atoms with Crippen LogP contribution in [0.5, 0.6) is 0 Å². The van der Waals surface area contributed by atoms with E-state index in [1.807, 2.05) is 26.8 Å². The number of carbonyl (C=O) groups is 1. The Kier molecular flexibility index (Phi) is 4.88. The SMILES string of the molecule is COC(=O)CN(C)c1cc(NC(C)C)nc(C)n1. The van der Waals surface area contributed by atoms with Crippen molar-refractivity contribution in [2.24, 2.45) is 0 Å². The second-order valence-corrected chi connectivity index (χ2v) is 4.39. The number of likely N-dealkylation sites (N-methyl/N-ethyl adjacent to an activating group) is 1. The highest BCUT2D eigenvalue weighted by molar-refractivity contribution is 5.75. The molecular weight excluding hydrogens is 232 g/mol. The molecule has 0 amide bonds. The predicted molar refractivity (Wildman–Crippen MR) is 70.8 cm³/mol. The second kappa shape index (κ2) is 6.18. The van der Waals surface area contributed by atoms with Crippen molar-refractivity contribution in [1.82, 2.24) is 9.97 Å². The summed E-state index contributed by atoms with van der Waals surface area (Å²) in [5.41, 5.74) is 0. The van der Waals surface area contributed by atoms with E-state index in [1.54, 1.807) is 11.9 Å². The van der Waals surface area contributed by atoms with Crippen LogP contribution in [0.4, 0.5) is 11.6 Å². The number of hydrogen-bond donors (Lipinski definition) is 1. The van der Waals surface area contributed by atoms with Crippen molar-refractivity contribution in [3.8, 4) is 0 Å². The van der Waals surface area contributed by atoms with Crippen LogP contribution in [0.1, 0.15) is 19.7 Å². The number of aryl methyl sites for hydroxylation is 1. The highest BCUT2D eigenvalue weighted by Crippen LogP contribution is 2.15. The molecule has 100 valence electrons. The first-order valence-corrected chi connectivity index (χ1v) is 5.82. The molecule has 0 saturated carbocycles. The van der Waals surface area contributed by atoms with Gasteiger partial charge in [0.15, 0.2) is 0 Å². The van der Waals surface area contributed by atoms with Crippen molar-refractivity contribution >= 4 is 17.6 Å². The van der Waals surface area contributed by atoms with Gasteiger partial charge in [-0.25, -0.2) is 9.97 Å². The molecule has 0 atom stereocenters. The summed E-state index contributed by atoms with van der Waals surface area (Å²) in [7, 11) is 3.16. The predicted octanol–water partition coefficient (Wildman–Crippen LogP) is 1.21. The first-order valence-electron chi connectivity index (χ1n) is 5.82. The van der Waals surface area contributed by atoms with E-state index < -0.39 is 0 Å². The summed E-state index contributed by atoms with van der Waals surface area (Å²) in [5.74, 6) is 1.81. The Morgan fingerprint density at radius 1 is 1.50 bits per heavy atom. The Bertz CT molecular complexity index is 421. The second-order valence-electron chi connectivity index (χ2n) is 4.39. The van der Waals surface area contributed by atoms with Crippen LogP contribution >= 0.6 is 0 Å². The van der Waals surface area contributed by atoms with Crippen LogP contribution in [-0.4, -0.2) is 42.7 Å². The van der Waals surface area contributed by atoms with Gasteiger partial charge < -0.3 is 15.0 Å². The molecule has 1 aromatic heterocycles. The number of ether oxygens (including phenoxy) is 1. The van der Waals surface area contributed by atoms with Gasteiger partial charge in [0, 0.05) is 19.2 Å². The Labute approximate surface area is 107 Å². The summed E-state index contributed by atoms with van der Waals surface area (Å²) in [6, 6.07) is 2.11. The van der Waals surface area contributed by atoms with Gasteiger partial charge in [0.25, 0.3) is 0 Å². The van der Waals surface area contributed by atoms with E-state index in [2.05, 4.69) is 20.0 Å². The molecule has 6 heteroatoms. The lowest BCUT2D eigenvalue weighted by atomic mass is 10.3. The number of carbonyl (C=O) groups excluding carboxylic acids is 1. The van der Waals surface area contributed by atoms with Crippen LogP contribution in [0.15, 0.2) is 6.07 Å². The van der Waals surface area contributed by atoms with E-state index in [1.165, 1.54) is 7.11 Å². The minimum absolute atomic E-state index is 0.161. The van der Waals surface area contributed by atoms with Crippen molar-refractivity contribution in [1.29, 1.82) is 0 Å². The number of rotatable bonds is 5. The molecule has 0 aliphatic heterocycles. The topological polar surface area (TPSA) is 67.3 Å². The minimum Gasteiger partial charge on any atom is -0.468 e. The average molecular weight is 252 g/mol. The first-order chi connectivity index (χ1) is 8.42. The van der Waals surface area contributed by atoms with Crippen LogP contribution in [0.2, 0.25) is 0 Å². The van der Waals surface area contributed by atoms with Gasteiger partial charge in [-0.05, 0) is 20.8 Å². The van der Waals surface area contributed by atoms with Crippen molar-refractivity contribution in [3.05, 3.63) is 11.9 Å². The summed E-state index contributed by atoms with van der Waals surface area (Å²) in [5, 5.41) is 3.21. The fourth-order valence-electron chi connectivity index (χ4n) is 1.46. The van der Waals surface area contributed by atoms with Gasteiger partial charge >= 0.3 is 5.97 Å². The molecule has 0 spiro atoms. The van der Waals surface area contributed by atoms with Crippen LogP contribution < -0.4 is 10.2 Å². The maximum atomic E-state index is 11.2. The Balaban J connectivity index is 2.87. The van der Waals surface area contributed by atoms with Gasteiger partial charge in [0.05, 0.1) is 7.11 Å². The normalized spacial score (nSPS) is 10.3. The largest absolute Gasteiger partial charge is 0.468 e. The molecule has 0 saturated heterocycles. The highest BCUT2D eigenvalue weighted by Gasteiger charge is 2.11. The number of hydrogen-bond acceptors (Lipinski definition) is 6. The molecule has 1 rings (SSSR count). The standard InChI is InChI=1S/C12H20N4O2/c1-8(2)13-10-6-11(15-9(3)14-10)16(4)7-12(17)18-5/h6,8H,7H2,1-5H3,(H,13,14,15). The number of esters is 1. The van der Waals surface area contributed by atoms with Crippen LogP contribution in [-0.2, 0) is 9.53 Å². The molecule has 18 heavy (non-hydrogen) atoms. The maximum Gasteiger partial charge on any atom is 0.325 e. The number of aromatic nitrogens is 2. The van der Waals surface area contributed by atoms with E-state index >= 15 is 0 Å². The third kappa shape index (κ3) is 4.20. The highest BCUT2D eigenvalue weighted by atomic mass is 16.5. The summed E-state index contributed by atoms with van der Waals surface area (Å²) < 4.78 is 4.63. The molecule has 0 radical (unpaired) electrons. The quantitative estimate of drug-likeness (QED) is 0.795. The molecule has 0 aliphatic rings. The molecule has 1 heterocycles. The van der Waals surface area contributed by atoms with E-state index in [0.29, 0.717) is 11.6 Å². The third-order valence-electron chi connectivity index (χ3n) is 2.25. The summed E-state index contributed by atoms with van der Waals surface area (Å²) in [6.45, 7) is 6.06. The molecule has 0 fully saturated rings. The van der Waals surface area contributed by atoms with Crippen LogP contribution in [0.25, 0.3) is 0 Å². The lowest BCUT2D eigenvalue weighted by molar-refractivity contribution is -0.138. The van der Waals surface area contributed by atoms with E-state index in [4.69, 9.17) is 0 Å². The van der Waals surface area contributed by atoms with Gasteiger partial charge in [-0.1, -0.05) is 0 Å². The monoisotopic (exact) mass is 252 g/mol. The number of nitrogens with one attached hydrogen (secondary N) is 1. The molecule has 1 N–H and O–H groups in total. The molecule has 0 unspecified atom stereocenters. The minimum atomic E-state index is -0.299. The zero-order chi connectivity index (χ0) is 13.7. The molecule has 1 aromatic rings. The molecule has 0 aliphatic carbocycles. The van der Waals surface area contributed by atoms with Crippen molar-refractivity contribution in [2.75, 3.05) is 30.9 Å². The summed E-state index contributed by atoms with van der Waals surface area (Å²) >= 11 is 0. The fraction of sp³-hybridized carbons (Fsp3) is 0.583. The van der Waals surface area contributed by atoms with Gasteiger partial charge in [0.1, 0.15) is 24.0 Å². The Hall–Kier alpha value is -1.85. The van der Waals surface area contributed by atoms with Crippen molar-refractivity contribution in [3.63, 3.8) is 0 Å². The number of nitrogens with zero attached hydrogens (tertiary/aromatic N) is 3. The summed E-state index contributed by atoms with van der Waals surface area (Å²) in [4.78, 5) is 21.5. The zero-order valence-electron chi connectivity index (χ0n) is 11.5. The van der Waals surface area contributed by atoms with Gasteiger partial charge in [0.2, 0.25) is 0 Å². The Morgan fingerprint density at radius 3 is 2.72 bits per heavy atom. The molecule has 6 nitrogen and oxygen atoms in total. The van der Waals surface area contributed by atoms with E-state index in [0.717, 1.165) is 5.82 Å². The zero-order valence-corrected chi connectivity index (χ0v) is 11.5. The lowest BCUT2D eigenvalue weighted by Crippen LogP contribution is -2.27. The van der Waals surface area contributed by atoms with Gasteiger partial charge in [-0.15, -0.1) is 0 Å². The van der Waals surface area contributed by atoms with E-state index in [-0.39, 0.29) is 18.6 Å². The molecule has 0 aromatic carbocycles.